The molecule has 0 spiro atoms. The molecule has 8 heteroatoms. The minimum atomic E-state index is -2.84. The molecule has 5 nitrogen and oxygen atoms in total. The predicted octanol–water partition coefficient (Wildman–Crippen LogP) is 3.70. The molecule has 144 valence electrons. The third kappa shape index (κ3) is 8.08. The van der Waals surface area contributed by atoms with Gasteiger partial charge in [-0.05, 0) is 48.4 Å². The molecule has 0 heterocycles. The Morgan fingerprint density at radius 2 is 1.74 bits per heavy atom. The highest BCUT2D eigenvalue weighted by Crippen LogP contribution is 2.20. The zero-order valence-corrected chi connectivity index (χ0v) is 15.5. The van der Waals surface area contributed by atoms with Crippen LogP contribution >= 0.6 is 11.8 Å². The number of thioether (sulfide) groups is 1. The smallest absolute Gasteiger partial charge is 0.387 e. The number of amides is 2. The van der Waals surface area contributed by atoms with Crippen molar-refractivity contribution in [2.45, 2.75) is 24.9 Å². The summed E-state index contributed by atoms with van der Waals surface area (Å²) in [6.07, 6.45) is 0.594. The standard InChI is InChI=1S/C19H20F2N2O3S/c1-13(24)23-15-4-8-17(9-5-15)27-12-18(25)22-11-10-14-2-6-16(7-3-14)26-19(20)21/h2-9,19H,10-12H2,1H3,(H,22,25)(H,23,24). The Morgan fingerprint density at radius 1 is 1.07 bits per heavy atom. The van der Waals surface area contributed by atoms with Crippen LogP contribution in [0.15, 0.2) is 53.4 Å². The number of anilines is 1. The maximum absolute atomic E-state index is 12.1. The number of alkyl halides is 2. The van der Waals surface area contributed by atoms with E-state index in [-0.39, 0.29) is 23.3 Å². The number of carbonyl (C=O) groups is 2. The quantitative estimate of drug-likeness (QED) is 0.637. The van der Waals surface area contributed by atoms with Crippen molar-refractivity contribution in [1.82, 2.24) is 5.32 Å². The van der Waals surface area contributed by atoms with Crippen molar-refractivity contribution < 1.29 is 23.1 Å². The maximum Gasteiger partial charge on any atom is 0.387 e. The van der Waals surface area contributed by atoms with E-state index in [0.29, 0.717) is 18.7 Å². The van der Waals surface area contributed by atoms with Crippen LogP contribution in [0.5, 0.6) is 5.75 Å². The molecule has 0 radical (unpaired) electrons. The topological polar surface area (TPSA) is 67.4 Å². The summed E-state index contributed by atoms with van der Waals surface area (Å²) in [5.41, 5.74) is 1.62. The average molecular weight is 394 g/mol. The Hall–Kier alpha value is -2.61. The highest BCUT2D eigenvalue weighted by molar-refractivity contribution is 8.00. The third-order valence-electron chi connectivity index (χ3n) is 3.43. The van der Waals surface area contributed by atoms with E-state index in [4.69, 9.17) is 0 Å². The van der Waals surface area contributed by atoms with Crippen LogP contribution in [0.2, 0.25) is 0 Å². The first kappa shape index (κ1) is 20.7. The molecule has 0 saturated heterocycles. The van der Waals surface area contributed by atoms with Crippen LogP contribution in [0.3, 0.4) is 0 Å². The fourth-order valence-electron chi connectivity index (χ4n) is 2.22. The van der Waals surface area contributed by atoms with Crippen molar-refractivity contribution in [2.24, 2.45) is 0 Å². The molecule has 2 rings (SSSR count). The van der Waals surface area contributed by atoms with Crippen LogP contribution in [0.4, 0.5) is 14.5 Å². The van der Waals surface area contributed by atoms with Crippen molar-refractivity contribution in [3.8, 4) is 5.75 Å². The zero-order valence-electron chi connectivity index (χ0n) is 14.7. The number of carbonyl (C=O) groups excluding carboxylic acids is 2. The number of rotatable bonds is 9. The SMILES string of the molecule is CC(=O)Nc1ccc(SCC(=O)NCCc2ccc(OC(F)F)cc2)cc1. The lowest BCUT2D eigenvalue weighted by Gasteiger charge is -2.08. The largest absolute Gasteiger partial charge is 0.435 e. The van der Waals surface area contributed by atoms with Crippen LogP contribution in [-0.2, 0) is 16.0 Å². The second-order valence-corrected chi connectivity index (χ2v) is 6.67. The van der Waals surface area contributed by atoms with E-state index < -0.39 is 6.61 Å². The molecule has 0 aliphatic heterocycles. The van der Waals surface area contributed by atoms with Gasteiger partial charge < -0.3 is 15.4 Å². The van der Waals surface area contributed by atoms with Crippen LogP contribution in [-0.4, -0.2) is 30.7 Å². The second-order valence-electron chi connectivity index (χ2n) is 5.62. The van der Waals surface area contributed by atoms with Gasteiger partial charge in [-0.25, -0.2) is 0 Å². The lowest BCUT2D eigenvalue weighted by molar-refractivity contribution is -0.118. The number of hydrogen-bond acceptors (Lipinski definition) is 4. The van der Waals surface area contributed by atoms with Crippen LogP contribution in [0.1, 0.15) is 12.5 Å². The first-order valence-electron chi connectivity index (χ1n) is 8.23. The second kappa shape index (κ2) is 10.5. The molecular formula is C19H20F2N2O3S. The van der Waals surface area contributed by atoms with Crippen LogP contribution in [0.25, 0.3) is 0 Å². The van der Waals surface area contributed by atoms with Crippen molar-refractivity contribution in [3.63, 3.8) is 0 Å². The predicted molar refractivity (Wildman–Crippen MR) is 101 cm³/mol. The fourth-order valence-corrected chi connectivity index (χ4v) is 2.95. The molecule has 0 fully saturated rings. The van der Waals surface area contributed by atoms with E-state index >= 15 is 0 Å². The van der Waals surface area contributed by atoms with Crippen molar-refractivity contribution in [3.05, 3.63) is 54.1 Å². The lowest BCUT2D eigenvalue weighted by Crippen LogP contribution is -2.27. The van der Waals surface area contributed by atoms with Crippen molar-refractivity contribution >= 4 is 29.3 Å². The Labute approximate surface area is 160 Å². The van der Waals surface area contributed by atoms with Gasteiger partial charge in [0.2, 0.25) is 11.8 Å². The Balaban J connectivity index is 1.68. The van der Waals surface area contributed by atoms with Gasteiger partial charge in [-0.15, -0.1) is 11.8 Å². The van der Waals surface area contributed by atoms with Gasteiger partial charge in [0.15, 0.2) is 0 Å². The molecule has 0 aliphatic rings. The molecule has 27 heavy (non-hydrogen) atoms. The van der Waals surface area contributed by atoms with Crippen LogP contribution < -0.4 is 15.4 Å². The molecule has 2 aromatic rings. The molecular weight excluding hydrogens is 374 g/mol. The van der Waals surface area contributed by atoms with Gasteiger partial charge >= 0.3 is 6.61 Å². The van der Waals surface area contributed by atoms with Crippen molar-refractivity contribution in [1.29, 1.82) is 0 Å². The van der Waals surface area contributed by atoms with E-state index in [2.05, 4.69) is 15.4 Å². The summed E-state index contributed by atoms with van der Waals surface area (Å²) < 4.78 is 28.5. The normalized spacial score (nSPS) is 10.5. The maximum atomic E-state index is 12.1. The van der Waals surface area contributed by atoms with Gasteiger partial charge in [-0.3, -0.25) is 9.59 Å². The van der Waals surface area contributed by atoms with E-state index in [0.717, 1.165) is 10.5 Å². The summed E-state index contributed by atoms with van der Waals surface area (Å²) in [5.74, 6) is 0.161. The lowest BCUT2D eigenvalue weighted by atomic mass is 10.1. The van der Waals surface area contributed by atoms with Gasteiger partial charge in [-0.1, -0.05) is 12.1 Å². The highest BCUT2D eigenvalue weighted by Gasteiger charge is 2.05. The summed E-state index contributed by atoms with van der Waals surface area (Å²) >= 11 is 1.40. The number of halogens is 2. The summed E-state index contributed by atoms with van der Waals surface area (Å²) in [7, 11) is 0. The zero-order chi connectivity index (χ0) is 19.6. The first-order valence-corrected chi connectivity index (χ1v) is 9.22. The molecule has 0 atom stereocenters. The third-order valence-corrected chi connectivity index (χ3v) is 4.44. The number of nitrogens with one attached hydrogen (secondary N) is 2. The molecule has 2 N–H and O–H groups in total. The van der Waals surface area contributed by atoms with Gasteiger partial charge in [0.25, 0.3) is 0 Å². The summed E-state index contributed by atoms with van der Waals surface area (Å²) in [6.45, 7) is -0.941. The summed E-state index contributed by atoms with van der Waals surface area (Å²) in [5, 5.41) is 5.50. The molecule has 0 aliphatic carbocycles. The molecule has 0 bridgehead atoms. The fraction of sp³-hybridized carbons (Fsp3) is 0.263. The molecule has 0 saturated carbocycles. The van der Waals surface area contributed by atoms with E-state index in [9.17, 15) is 18.4 Å². The number of ether oxygens (including phenoxy) is 1. The Kier molecular flexibility index (Phi) is 8.06. The first-order chi connectivity index (χ1) is 12.9. The summed E-state index contributed by atoms with van der Waals surface area (Å²) in [6, 6.07) is 13.6. The molecule has 2 amide bonds. The number of hydrogen-bond donors (Lipinski definition) is 2. The van der Waals surface area contributed by atoms with Crippen LogP contribution in [0, 0.1) is 0 Å². The molecule has 0 aromatic heterocycles. The Morgan fingerprint density at radius 3 is 2.33 bits per heavy atom. The average Bonchev–Trinajstić information content (AvgIpc) is 2.62. The van der Waals surface area contributed by atoms with Gasteiger partial charge in [-0.2, -0.15) is 8.78 Å². The summed E-state index contributed by atoms with van der Waals surface area (Å²) in [4.78, 5) is 23.8. The highest BCUT2D eigenvalue weighted by atomic mass is 32.2. The van der Waals surface area contributed by atoms with Crippen molar-refractivity contribution in [2.75, 3.05) is 17.6 Å². The molecule has 0 unspecified atom stereocenters. The van der Waals surface area contributed by atoms with E-state index in [1.807, 2.05) is 12.1 Å². The van der Waals surface area contributed by atoms with Gasteiger partial charge in [0.1, 0.15) is 5.75 Å². The molecule has 2 aromatic carbocycles. The number of benzene rings is 2. The Bertz CT molecular complexity index is 753. The van der Waals surface area contributed by atoms with Gasteiger partial charge in [0, 0.05) is 24.1 Å². The van der Waals surface area contributed by atoms with E-state index in [1.165, 1.54) is 30.8 Å². The van der Waals surface area contributed by atoms with E-state index in [1.54, 1.807) is 24.3 Å². The van der Waals surface area contributed by atoms with Gasteiger partial charge in [0.05, 0.1) is 5.75 Å². The minimum absolute atomic E-state index is 0.0939. The minimum Gasteiger partial charge on any atom is -0.435 e. The monoisotopic (exact) mass is 394 g/mol.